The standard InChI is InChI=1S/C17H22F3N7O4/c1-3-4-5-6-11(8-27(30)9-28)14(29)24-26-16-21-7-12(13(22-16)17(18,19)20)15-25-23-10(2)31-15/h7,9,11,30H,3-6,8H2,1-2H3,(H,24,29)(H,21,22,26)/t11-/m1/s1. The third-order valence-electron chi connectivity index (χ3n) is 4.17. The van der Waals surface area contributed by atoms with E-state index in [1.165, 1.54) is 6.92 Å². The maximum absolute atomic E-state index is 13.4. The van der Waals surface area contributed by atoms with E-state index >= 15 is 0 Å². The highest BCUT2D eigenvalue weighted by Crippen LogP contribution is 2.35. The molecular formula is C17H22F3N7O4. The van der Waals surface area contributed by atoms with Crippen LogP contribution in [0.4, 0.5) is 19.1 Å². The van der Waals surface area contributed by atoms with Crippen LogP contribution in [0.2, 0.25) is 0 Å². The Hall–Kier alpha value is -3.29. The van der Waals surface area contributed by atoms with Gasteiger partial charge in [-0.2, -0.15) is 13.2 Å². The van der Waals surface area contributed by atoms with Gasteiger partial charge in [-0.15, -0.1) is 10.2 Å². The number of aromatic nitrogens is 4. The van der Waals surface area contributed by atoms with Gasteiger partial charge in [-0.25, -0.2) is 15.0 Å². The van der Waals surface area contributed by atoms with Gasteiger partial charge in [0.1, 0.15) is 0 Å². The summed E-state index contributed by atoms with van der Waals surface area (Å²) in [6.07, 6.45) is -1.11. The number of nitrogens with zero attached hydrogens (tertiary/aromatic N) is 5. The Balaban J connectivity index is 2.15. The van der Waals surface area contributed by atoms with E-state index in [4.69, 9.17) is 4.42 Å². The molecule has 2 aromatic rings. The van der Waals surface area contributed by atoms with E-state index in [1.807, 2.05) is 6.92 Å². The summed E-state index contributed by atoms with van der Waals surface area (Å²) in [5.74, 6) is -2.29. The third kappa shape index (κ3) is 6.87. The van der Waals surface area contributed by atoms with Crippen LogP contribution in [0.1, 0.15) is 44.2 Å². The zero-order chi connectivity index (χ0) is 23.0. The van der Waals surface area contributed by atoms with Gasteiger partial charge in [0.25, 0.3) is 5.89 Å². The van der Waals surface area contributed by atoms with Crippen molar-refractivity contribution in [2.24, 2.45) is 5.92 Å². The number of aryl methyl sites for hydroxylation is 1. The number of hydroxylamine groups is 2. The van der Waals surface area contributed by atoms with E-state index in [0.717, 1.165) is 19.0 Å². The van der Waals surface area contributed by atoms with Gasteiger partial charge in [-0.05, 0) is 6.42 Å². The molecule has 2 rings (SSSR count). The molecule has 14 heteroatoms. The summed E-state index contributed by atoms with van der Waals surface area (Å²) >= 11 is 0. The van der Waals surface area contributed by atoms with Gasteiger partial charge in [0.15, 0.2) is 5.69 Å². The van der Waals surface area contributed by atoms with Crippen LogP contribution >= 0.6 is 0 Å². The SMILES string of the molecule is CCCCC[C@H](CN(O)C=O)C(=O)NNc1ncc(-c2nnc(C)o2)c(C(F)(F)F)n1. The summed E-state index contributed by atoms with van der Waals surface area (Å²) in [6, 6.07) is 0. The van der Waals surface area contributed by atoms with Gasteiger partial charge >= 0.3 is 6.18 Å². The molecule has 0 spiro atoms. The predicted octanol–water partition coefficient (Wildman–Crippen LogP) is 2.34. The lowest BCUT2D eigenvalue weighted by atomic mass is 10.0. The second kappa shape index (κ2) is 10.7. The number of carbonyl (C=O) groups excluding carboxylic acids is 2. The molecular weight excluding hydrogens is 423 g/mol. The lowest BCUT2D eigenvalue weighted by Gasteiger charge is -2.20. The maximum Gasteiger partial charge on any atom is 0.434 e. The number of amides is 2. The summed E-state index contributed by atoms with van der Waals surface area (Å²) in [4.78, 5) is 30.2. The minimum atomic E-state index is -4.86. The van der Waals surface area contributed by atoms with Gasteiger partial charge in [0.2, 0.25) is 24.2 Å². The van der Waals surface area contributed by atoms with E-state index in [1.54, 1.807) is 0 Å². The Labute approximate surface area is 175 Å². The molecule has 0 radical (unpaired) electrons. The fraction of sp³-hybridized carbons (Fsp3) is 0.529. The average Bonchev–Trinajstić information content (AvgIpc) is 3.16. The van der Waals surface area contributed by atoms with Gasteiger partial charge in [-0.3, -0.25) is 25.6 Å². The maximum atomic E-state index is 13.4. The first-order valence-corrected chi connectivity index (χ1v) is 9.37. The van der Waals surface area contributed by atoms with Crippen LogP contribution in [0, 0.1) is 12.8 Å². The van der Waals surface area contributed by atoms with Crippen LogP contribution in [-0.4, -0.2) is 49.3 Å². The first-order valence-electron chi connectivity index (χ1n) is 9.37. The second-order valence-electron chi connectivity index (χ2n) is 6.61. The molecule has 2 heterocycles. The molecule has 0 saturated carbocycles. The summed E-state index contributed by atoms with van der Waals surface area (Å²) in [6.45, 7) is 3.12. The van der Waals surface area contributed by atoms with Crippen LogP contribution in [0.15, 0.2) is 10.6 Å². The highest BCUT2D eigenvalue weighted by molar-refractivity contribution is 5.80. The molecule has 0 aliphatic carbocycles. The number of unbranched alkanes of at least 4 members (excludes halogenated alkanes) is 2. The first kappa shape index (κ1) is 24.0. The Morgan fingerprint density at radius 2 is 2.10 bits per heavy atom. The molecule has 2 amide bonds. The van der Waals surface area contributed by atoms with Crippen molar-refractivity contribution in [3.63, 3.8) is 0 Å². The minimum Gasteiger partial charge on any atom is -0.421 e. The largest absolute Gasteiger partial charge is 0.434 e. The number of nitrogens with one attached hydrogen (secondary N) is 2. The number of hydrazine groups is 1. The van der Waals surface area contributed by atoms with E-state index in [2.05, 4.69) is 31.0 Å². The molecule has 0 aromatic carbocycles. The molecule has 11 nitrogen and oxygen atoms in total. The Morgan fingerprint density at radius 1 is 1.35 bits per heavy atom. The van der Waals surface area contributed by atoms with Crippen LogP contribution in [0.3, 0.4) is 0 Å². The van der Waals surface area contributed by atoms with Crippen LogP contribution in [0.5, 0.6) is 0 Å². The molecule has 31 heavy (non-hydrogen) atoms. The van der Waals surface area contributed by atoms with Gasteiger partial charge in [0, 0.05) is 13.1 Å². The summed E-state index contributed by atoms with van der Waals surface area (Å²) in [5, 5.41) is 16.7. The third-order valence-corrected chi connectivity index (χ3v) is 4.17. The first-order chi connectivity index (χ1) is 14.7. The highest BCUT2D eigenvalue weighted by atomic mass is 19.4. The topological polar surface area (TPSA) is 146 Å². The van der Waals surface area contributed by atoms with E-state index in [0.29, 0.717) is 17.9 Å². The Kier molecular flexibility index (Phi) is 8.24. The van der Waals surface area contributed by atoms with Crippen molar-refractivity contribution in [2.75, 3.05) is 12.0 Å². The molecule has 0 saturated heterocycles. The minimum absolute atomic E-state index is 0.0694. The molecule has 0 unspecified atom stereocenters. The van der Waals surface area contributed by atoms with Gasteiger partial charge in [0.05, 0.1) is 18.0 Å². The van der Waals surface area contributed by atoms with Crippen molar-refractivity contribution in [3.8, 4) is 11.5 Å². The van der Waals surface area contributed by atoms with Gasteiger partial charge < -0.3 is 4.42 Å². The smallest absolute Gasteiger partial charge is 0.421 e. The zero-order valence-electron chi connectivity index (χ0n) is 16.8. The summed E-state index contributed by atoms with van der Waals surface area (Å²) in [7, 11) is 0. The Bertz CT molecular complexity index is 891. The number of rotatable bonds is 11. The number of halogens is 3. The molecule has 170 valence electrons. The zero-order valence-corrected chi connectivity index (χ0v) is 16.8. The van der Waals surface area contributed by atoms with Crippen molar-refractivity contribution in [2.45, 2.75) is 45.7 Å². The van der Waals surface area contributed by atoms with Crippen molar-refractivity contribution >= 4 is 18.3 Å². The molecule has 0 aliphatic rings. The second-order valence-corrected chi connectivity index (χ2v) is 6.61. The monoisotopic (exact) mass is 445 g/mol. The molecule has 1 atom stereocenters. The van der Waals surface area contributed by atoms with E-state index < -0.39 is 41.1 Å². The van der Waals surface area contributed by atoms with Crippen molar-refractivity contribution < 1.29 is 32.4 Å². The number of carbonyl (C=O) groups is 2. The van der Waals surface area contributed by atoms with Crippen LogP contribution in [-0.2, 0) is 15.8 Å². The van der Waals surface area contributed by atoms with Gasteiger partial charge in [-0.1, -0.05) is 26.2 Å². The molecule has 3 N–H and O–H groups in total. The quantitative estimate of drug-likeness (QED) is 0.205. The summed E-state index contributed by atoms with van der Waals surface area (Å²) < 4.78 is 45.3. The fourth-order valence-corrected chi connectivity index (χ4v) is 2.65. The molecule has 0 fully saturated rings. The Morgan fingerprint density at radius 3 is 2.68 bits per heavy atom. The molecule has 2 aromatic heterocycles. The fourth-order valence-electron chi connectivity index (χ4n) is 2.65. The van der Waals surface area contributed by atoms with Crippen molar-refractivity contribution in [1.82, 2.24) is 30.7 Å². The van der Waals surface area contributed by atoms with Crippen LogP contribution < -0.4 is 10.9 Å². The molecule has 0 aliphatic heterocycles. The lowest BCUT2D eigenvalue weighted by Crippen LogP contribution is -2.40. The van der Waals surface area contributed by atoms with Crippen molar-refractivity contribution in [3.05, 3.63) is 17.8 Å². The average molecular weight is 445 g/mol. The van der Waals surface area contributed by atoms with E-state index in [-0.39, 0.29) is 18.8 Å². The highest BCUT2D eigenvalue weighted by Gasteiger charge is 2.38. The lowest BCUT2D eigenvalue weighted by molar-refractivity contribution is -0.154. The number of hydrogen-bond acceptors (Lipinski definition) is 9. The summed E-state index contributed by atoms with van der Waals surface area (Å²) in [5.41, 5.74) is 2.60. The number of anilines is 1. The molecule has 0 bridgehead atoms. The van der Waals surface area contributed by atoms with Crippen LogP contribution in [0.25, 0.3) is 11.5 Å². The predicted molar refractivity (Wildman–Crippen MR) is 99.0 cm³/mol. The number of hydrogen-bond donors (Lipinski definition) is 3. The number of alkyl halides is 3. The van der Waals surface area contributed by atoms with Crippen molar-refractivity contribution in [1.29, 1.82) is 0 Å². The normalized spacial score (nSPS) is 12.3. The van der Waals surface area contributed by atoms with E-state index in [9.17, 15) is 28.0 Å².